The first-order valence-corrected chi connectivity index (χ1v) is 6.74. The Balaban J connectivity index is 2.18. The van der Waals surface area contributed by atoms with E-state index in [1.165, 1.54) is 6.07 Å². The van der Waals surface area contributed by atoms with Crippen molar-refractivity contribution in [1.82, 2.24) is 0 Å². The van der Waals surface area contributed by atoms with Crippen LogP contribution in [0.1, 0.15) is 11.1 Å². The first-order valence-electron chi connectivity index (χ1n) is 5.42. The zero-order valence-electron chi connectivity index (χ0n) is 9.77. The Labute approximate surface area is 111 Å². The minimum absolute atomic E-state index is 0.0224. The lowest BCUT2D eigenvalue weighted by molar-refractivity contribution is 0.562. The van der Waals surface area contributed by atoms with Gasteiger partial charge in [-0.05, 0) is 29.8 Å². The fourth-order valence-corrected chi connectivity index (χ4v) is 2.71. The van der Waals surface area contributed by atoms with E-state index in [2.05, 4.69) is 0 Å². The van der Waals surface area contributed by atoms with Crippen LogP contribution in [0.3, 0.4) is 0 Å². The molecule has 0 aliphatic heterocycles. The highest BCUT2D eigenvalue weighted by molar-refractivity contribution is 7.84. The molecule has 1 unspecified atom stereocenters. The summed E-state index contributed by atoms with van der Waals surface area (Å²) in [4.78, 5) is -0.0224. The predicted molar refractivity (Wildman–Crippen MR) is 67.6 cm³/mol. The molecule has 0 N–H and O–H groups in total. The molecule has 1 atom stereocenters. The van der Waals surface area contributed by atoms with Crippen molar-refractivity contribution in [2.45, 2.75) is 10.6 Å². The van der Waals surface area contributed by atoms with Crippen LogP contribution in [0.25, 0.3) is 0 Å². The lowest BCUT2D eigenvalue weighted by atomic mass is 10.2. The third kappa shape index (κ3) is 3.24. The molecule has 0 spiro atoms. The first kappa shape index (κ1) is 13.4. The van der Waals surface area contributed by atoms with E-state index in [-0.39, 0.29) is 10.6 Å². The summed E-state index contributed by atoms with van der Waals surface area (Å²) in [5, 5.41) is 8.66. The van der Waals surface area contributed by atoms with Gasteiger partial charge in [-0.25, -0.2) is 8.78 Å². The number of benzene rings is 2. The smallest absolute Gasteiger partial charge is 0.142 e. The second-order valence-corrected chi connectivity index (χ2v) is 5.29. The maximum atomic E-state index is 13.4. The Bertz CT molecular complexity index is 662. The van der Waals surface area contributed by atoms with Crippen molar-refractivity contribution < 1.29 is 13.0 Å². The van der Waals surface area contributed by atoms with Gasteiger partial charge in [0.1, 0.15) is 11.6 Å². The highest BCUT2D eigenvalue weighted by atomic mass is 32.2. The van der Waals surface area contributed by atoms with E-state index < -0.39 is 22.4 Å². The van der Waals surface area contributed by atoms with Crippen LogP contribution in [0.2, 0.25) is 0 Å². The molecular weight excluding hydrogens is 268 g/mol. The van der Waals surface area contributed by atoms with Crippen molar-refractivity contribution in [2.24, 2.45) is 0 Å². The molecule has 0 amide bonds. The monoisotopic (exact) mass is 277 g/mol. The molecule has 0 aliphatic carbocycles. The molecule has 0 aromatic heterocycles. The minimum Gasteiger partial charge on any atom is -0.254 e. The maximum Gasteiger partial charge on any atom is 0.142 e. The van der Waals surface area contributed by atoms with Gasteiger partial charge in [-0.1, -0.05) is 12.1 Å². The molecule has 2 aromatic carbocycles. The van der Waals surface area contributed by atoms with E-state index >= 15 is 0 Å². The van der Waals surface area contributed by atoms with Gasteiger partial charge in [-0.15, -0.1) is 0 Å². The third-order valence-electron chi connectivity index (χ3n) is 2.52. The van der Waals surface area contributed by atoms with Crippen LogP contribution in [-0.2, 0) is 16.6 Å². The van der Waals surface area contributed by atoms with E-state index in [0.29, 0.717) is 11.6 Å². The zero-order valence-corrected chi connectivity index (χ0v) is 10.6. The molecule has 0 fully saturated rings. The fraction of sp³-hybridized carbons (Fsp3) is 0.0714. The Morgan fingerprint density at radius 1 is 1.11 bits per heavy atom. The maximum absolute atomic E-state index is 13.4. The van der Waals surface area contributed by atoms with E-state index in [1.54, 1.807) is 24.3 Å². The highest BCUT2D eigenvalue weighted by Crippen LogP contribution is 2.17. The summed E-state index contributed by atoms with van der Waals surface area (Å²) in [6.45, 7) is 0. The number of rotatable bonds is 3. The first-order chi connectivity index (χ1) is 9.10. The molecule has 96 valence electrons. The van der Waals surface area contributed by atoms with Crippen LogP contribution in [0.5, 0.6) is 0 Å². The van der Waals surface area contributed by atoms with Gasteiger partial charge < -0.3 is 0 Å². The largest absolute Gasteiger partial charge is 0.254 e. The van der Waals surface area contributed by atoms with E-state index in [0.717, 1.165) is 11.6 Å². The lowest BCUT2D eigenvalue weighted by Gasteiger charge is -2.04. The van der Waals surface area contributed by atoms with E-state index in [9.17, 15) is 13.0 Å². The molecule has 2 rings (SSSR count). The minimum atomic E-state index is -1.59. The van der Waals surface area contributed by atoms with Crippen molar-refractivity contribution >= 4 is 10.8 Å². The summed E-state index contributed by atoms with van der Waals surface area (Å²) >= 11 is 0. The molecule has 0 aliphatic rings. The molecule has 0 saturated heterocycles. The Morgan fingerprint density at radius 2 is 1.79 bits per heavy atom. The van der Waals surface area contributed by atoms with Crippen LogP contribution in [-0.4, -0.2) is 4.21 Å². The van der Waals surface area contributed by atoms with Crippen LogP contribution in [0, 0.1) is 23.0 Å². The van der Waals surface area contributed by atoms with Crippen molar-refractivity contribution in [2.75, 3.05) is 0 Å². The Hall–Kier alpha value is -2.06. The Morgan fingerprint density at radius 3 is 2.37 bits per heavy atom. The normalized spacial score (nSPS) is 11.8. The molecule has 0 radical (unpaired) electrons. The summed E-state index contributed by atoms with van der Waals surface area (Å²) < 4.78 is 38.2. The van der Waals surface area contributed by atoms with Gasteiger partial charge in [0.05, 0.1) is 33.1 Å². The van der Waals surface area contributed by atoms with Crippen molar-refractivity contribution in [3.63, 3.8) is 0 Å². The van der Waals surface area contributed by atoms with E-state index in [1.807, 2.05) is 6.07 Å². The quantitative estimate of drug-likeness (QED) is 0.864. The Kier molecular flexibility index (Phi) is 4.03. The highest BCUT2D eigenvalue weighted by Gasteiger charge is 2.11. The number of halogens is 2. The topological polar surface area (TPSA) is 40.9 Å². The zero-order chi connectivity index (χ0) is 13.8. The predicted octanol–water partition coefficient (Wildman–Crippen LogP) is 3.14. The van der Waals surface area contributed by atoms with Crippen molar-refractivity contribution in [3.05, 3.63) is 65.2 Å². The van der Waals surface area contributed by atoms with Crippen LogP contribution < -0.4 is 0 Å². The van der Waals surface area contributed by atoms with Crippen molar-refractivity contribution in [1.29, 1.82) is 5.26 Å². The van der Waals surface area contributed by atoms with Gasteiger partial charge in [-0.2, -0.15) is 5.26 Å². The molecule has 19 heavy (non-hydrogen) atoms. The average molecular weight is 277 g/mol. The van der Waals surface area contributed by atoms with Gasteiger partial charge >= 0.3 is 0 Å². The van der Waals surface area contributed by atoms with Crippen LogP contribution in [0.4, 0.5) is 8.78 Å². The fourth-order valence-electron chi connectivity index (χ4n) is 1.56. The molecule has 2 aromatic rings. The number of hydrogen-bond acceptors (Lipinski definition) is 2. The number of nitrogens with zero attached hydrogens (tertiary/aromatic N) is 1. The third-order valence-corrected chi connectivity index (χ3v) is 3.94. The van der Waals surface area contributed by atoms with Gasteiger partial charge in [0.15, 0.2) is 0 Å². The SMILES string of the molecule is N#Cc1ccc(CS(=O)c2ccc(F)cc2F)cc1. The molecule has 0 bridgehead atoms. The molecule has 2 nitrogen and oxygen atoms in total. The van der Waals surface area contributed by atoms with E-state index in [4.69, 9.17) is 5.26 Å². The van der Waals surface area contributed by atoms with Crippen molar-refractivity contribution in [3.8, 4) is 6.07 Å². The van der Waals surface area contributed by atoms with Crippen LogP contribution >= 0.6 is 0 Å². The second-order valence-electron chi connectivity index (χ2n) is 3.87. The summed E-state index contributed by atoms with van der Waals surface area (Å²) in [6.07, 6.45) is 0. The lowest BCUT2D eigenvalue weighted by Crippen LogP contribution is -2.00. The summed E-state index contributed by atoms with van der Waals surface area (Å²) in [5.41, 5.74) is 1.23. The van der Waals surface area contributed by atoms with Crippen LogP contribution in [0.15, 0.2) is 47.4 Å². The summed E-state index contributed by atoms with van der Waals surface area (Å²) in [7, 11) is -1.59. The van der Waals surface area contributed by atoms with Gasteiger partial charge in [-0.3, -0.25) is 4.21 Å². The van der Waals surface area contributed by atoms with Gasteiger partial charge in [0, 0.05) is 6.07 Å². The summed E-state index contributed by atoms with van der Waals surface area (Å²) in [5.74, 6) is -1.39. The summed E-state index contributed by atoms with van der Waals surface area (Å²) in [6, 6.07) is 11.5. The van der Waals surface area contributed by atoms with Gasteiger partial charge in [0.25, 0.3) is 0 Å². The van der Waals surface area contributed by atoms with Gasteiger partial charge in [0.2, 0.25) is 0 Å². The standard InChI is InChI=1S/C14H9F2NOS/c15-12-5-6-14(13(16)7-12)19(18)9-11-3-1-10(8-17)2-4-11/h1-7H,9H2. The molecule has 0 saturated carbocycles. The molecular formula is C14H9F2NOS. The molecule has 5 heteroatoms. The number of hydrogen-bond donors (Lipinski definition) is 0. The second kappa shape index (κ2) is 5.72. The number of nitriles is 1. The average Bonchev–Trinajstić information content (AvgIpc) is 2.39. The molecule has 0 heterocycles.